The number of para-hydroxylation sites is 2. The zero-order chi connectivity index (χ0) is 20.1. The maximum atomic E-state index is 14.4. The maximum absolute atomic E-state index is 14.4. The molecule has 0 spiro atoms. The summed E-state index contributed by atoms with van der Waals surface area (Å²) < 4.78 is 22.0. The molecule has 1 aromatic heterocycles. The van der Waals surface area contributed by atoms with Gasteiger partial charge in [-0.25, -0.2) is 13.9 Å². The van der Waals surface area contributed by atoms with E-state index in [1.54, 1.807) is 7.11 Å². The third-order valence-electron chi connectivity index (χ3n) is 5.05. The third kappa shape index (κ3) is 4.59. The number of piperazine rings is 1. The zero-order valence-electron chi connectivity index (χ0n) is 16.3. The minimum atomic E-state index is -1.07. The number of hydrogen-bond donors (Lipinski definition) is 0. The summed E-state index contributed by atoms with van der Waals surface area (Å²) in [6.07, 6.45) is 0.188. The van der Waals surface area contributed by atoms with E-state index in [4.69, 9.17) is 4.74 Å². The van der Waals surface area contributed by atoms with Crippen LogP contribution in [0.25, 0.3) is 0 Å². The van der Waals surface area contributed by atoms with Gasteiger partial charge >= 0.3 is 5.69 Å². The predicted octanol–water partition coefficient (Wildman–Crippen LogP) is 0.501. The minimum absolute atomic E-state index is 0.148. The Morgan fingerprint density at radius 1 is 1.18 bits per heavy atom. The molecule has 8 nitrogen and oxygen atoms in total. The van der Waals surface area contributed by atoms with E-state index in [1.165, 1.54) is 7.05 Å². The van der Waals surface area contributed by atoms with Gasteiger partial charge in [0.25, 0.3) is 5.56 Å². The molecule has 1 unspecified atom stereocenters. The van der Waals surface area contributed by atoms with Crippen molar-refractivity contribution in [1.29, 1.82) is 0 Å². The number of benzene rings is 1. The first-order valence-corrected chi connectivity index (χ1v) is 9.37. The van der Waals surface area contributed by atoms with Gasteiger partial charge in [0.2, 0.25) is 0 Å². The van der Waals surface area contributed by atoms with Crippen LogP contribution in [0.3, 0.4) is 0 Å². The van der Waals surface area contributed by atoms with Crippen LogP contribution in [0, 0.1) is 0 Å². The molecule has 0 amide bonds. The smallest absolute Gasteiger partial charge is 0.347 e. The van der Waals surface area contributed by atoms with Crippen LogP contribution in [0.4, 0.5) is 10.1 Å². The molecular weight excluding hydrogens is 365 g/mol. The Morgan fingerprint density at radius 3 is 2.61 bits per heavy atom. The summed E-state index contributed by atoms with van der Waals surface area (Å²) in [5, 5.41) is 3.79. The number of rotatable bonds is 7. The number of aryl methyl sites for hydroxylation is 1. The molecule has 0 bridgehead atoms. The molecule has 0 N–H and O–H groups in total. The van der Waals surface area contributed by atoms with Crippen LogP contribution in [0.1, 0.15) is 6.42 Å². The summed E-state index contributed by atoms with van der Waals surface area (Å²) in [7, 11) is 3.05. The lowest BCUT2D eigenvalue weighted by molar-refractivity contribution is 0.170. The number of aromatic nitrogens is 3. The fourth-order valence-corrected chi connectivity index (χ4v) is 3.37. The van der Waals surface area contributed by atoms with E-state index in [1.807, 2.05) is 24.3 Å². The SMILES string of the molecule is COc1ccccc1N1CCN(CC(F)CCn2ncc(=O)n(C)c2=O)CC1. The third-order valence-corrected chi connectivity index (χ3v) is 5.05. The van der Waals surface area contributed by atoms with Crippen molar-refractivity contribution in [2.45, 2.75) is 19.1 Å². The van der Waals surface area contributed by atoms with Gasteiger partial charge in [-0.2, -0.15) is 5.10 Å². The number of alkyl halides is 1. The van der Waals surface area contributed by atoms with Crippen molar-refractivity contribution in [2.75, 3.05) is 44.7 Å². The zero-order valence-corrected chi connectivity index (χ0v) is 16.3. The molecular formula is C19H26FN5O3. The van der Waals surface area contributed by atoms with Crippen molar-refractivity contribution in [2.24, 2.45) is 7.05 Å². The Labute approximate surface area is 162 Å². The number of nitrogens with zero attached hydrogens (tertiary/aromatic N) is 5. The average Bonchev–Trinajstić information content (AvgIpc) is 2.72. The van der Waals surface area contributed by atoms with E-state index < -0.39 is 17.4 Å². The Kier molecular flexibility index (Phi) is 6.45. The van der Waals surface area contributed by atoms with Crippen LogP contribution in [-0.4, -0.2) is 65.3 Å². The van der Waals surface area contributed by atoms with Gasteiger partial charge in [-0.3, -0.25) is 14.3 Å². The average molecular weight is 391 g/mol. The Bertz CT molecular complexity index is 905. The highest BCUT2D eigenvalue weighted by molar-refractivity contribution is 5.58. The highest BCUT2D eigenvalue weighted by Crippen LogP contribution is 2.28. The van der Waals surface area contributed by atoms with Gasteiger partial charge in [0.05, 0.1) is 12.8 Å². The molecule has 3 rings (SSSR count). The molecule has 152 valence electrons. The second-order valence-electron chi connectivity index (χ2n) is 6.89. The summed E-state index contributed by atoms with van der Waals surface area (Å²) in [4.78, 5) is 27.6. The second-order valence-corrected chi connectivity index (χ2v) is 6.89. The fourth-order valence-electron chi connectivity index (χ4n) is 3.37. The number of anilines is 1. The molecule has 0 saturated carbocycles. The molecule has 1 saturated heterocycles. The summed E-state index contributed by atoms with van der Waals surface area (Å²) >= 11 is 0. The monoisotopic (exact) mass is 391 g/mol. The molecule has 0 radical (unpaired) electrons. The van der Waals surface area contributed by atoms with Gasteiger partial charge in [0.1, 0.15) is 18.1 Å². The first-order chi connectivity index (χ1) is 13.5. The Balaban J connectivity index is 1.49. The number of halogens is 1. The lowest BCUT2D eigenvalue weighted by atomic mass is 10.2. The van der Waals surface area contributed by atoms with Crippen LogP contribution >= 0.6 is 0 Å². The first kappa shape index (κ1) is 20.1. The van der Waals surface area contributed by atoms with Crippen LogP contribution in [0.2, 0.25) is 0 Å². The summed E-state index contributed by atoms with van der Waals surface area (Å²) in [6.45, 7) is 3.59. The van der Waals surface area contributed by atoms with Crippen LogP contribution < -0.4 is 20.9 Å². The first-order valence-electron chi connectivity index (χ1n) is 9.37. The van der Waals surface area contributed by atoms with E-state index >= 15 is 0 Å². The molecule has 1 aliphatic rings. The maximum Gasteiger partial charge on any atom is 0.347 e. The van der Waals surface area contributed by atoms with E-state index in [9.17, 15) is 14.0 Å². The van der Waals surface area contributed by atoms with Crippen molar-refractivity contribution < 1.29 is 9.13 Å². The van der Waals surface area contributed by atoms with Crippen LogP contribution in [0.15, 0.2) is 40.1 Å². The van der Waals surface area contributed by atoms with Gasteiger partial charge in [0, 0.05) is 46.3 Å². The normalized spacial score (nSPS) is 16.2. The minimum Gasteiger partial charge on any atom is -0.495 e. The summed E-state index contributed by atoms with van der Waals surface area (Å²) in [5.41, 5.74) is 0.0673. The quantitative estimate of drug-likeness (QED) is 0.685. The molecule has 1 aromatic carbocycles. The van der Waals surface area contributed by atoms with E-state index in [2.05, 4.69) is 14.9 Å². The summed E-state index contributed by atoms with van der Waals surface area (Å²) in [5.74, 6) is 0.842. The summed E-state index contributed by atoms with van der Waals surface area (Å²) in [6, 6.07) is 7.90. The second kappa shape index (κ2) is 9.01. The fraction of sp³-hybridized carbons (Fsp3) is 0.526. The van der Waals surface area contributed by atoms with Gasteiger partial charge in [-0.15, -0.1) is 0 Å². The molecule has 2 aromatic rings. The lowest BCUT2D eigenvalue weighted by Crippen LogP contribution is -2.48. The molecule has 1 fully saturated rings. The van der Waals surface area contributed by atoms with Crippen molar-refractivity contribution in [3.05, 3.63) is 51.3 Å². The molecule has 2 heterocycles. The largest absolute Gasteiger partial charge is 0.495 e. The van der Waals surface area contributed by atoms with Crippen LogP contribution in [0.5, 0.6) is 5.75 Å². The molecule has 0 aliphatic carbocycles. The van der Waals surface area contributed by atoms with E-state index in [0.29, 0.717) is 6.54 Å². The standard InChI is InChI=1S/C19H26FN5O3/c1-22-18(26)13-21-25(19(22)27)8-7-15(20)14-23-9-11-24(12-10-23)16-5-3-4-6-17(16)28-2/h3-6,13,15H,7-12,14H2,1-2H3. The predicted molar refractivity (Wildman–Crippen MR) is 105 cm³/mol. The van der Waals surface area contributed by atoms with Gasteiger partial charge in [0.15, 0.2) is 0 Å². The molecule has 28 heavy (non-hydrogen) atoms. The van der Waals surface area contributed by atoms with Gasteiger partial charge in [-0.1, -0.05) is 12.1 Å². The topological polar surface area (TPSA) is 72.6 Å². The van der Waals surface area contributed by atoms with Crippen molar-refractivity contribution in [3.8, 4) is 5.75 Å². The number of ether oxygens (including phenoxy) is 1. The van der Waals surface area contributed by atoms with Crippen molar-refractivity contribution >= 4 is 5.69 Å². The van der Waals surface area contributed by atoms with Crippen LogP contribution in [-0.2, 0) is 13.6 Å². The number of hydrogen-bond acceptors (Lipinski definition) is 6. The van der Waals surface area contributed by atoms with Gasteiger partial charge in [-0.05, 0) is 18.6 Å². The highest BCUT2D eigenvalue weighted by Gasteiger charge is 2.22. The lowest BCUT2D eigenvalue weighted by Gasteiger charge is -2.37. The highest BCUT2D eigenvalue weighted by atomic mass is 19.1. The van der Waals surface area contributed by atoms with E-state index in [0.717, 1.165) is 53.1 Å². The molecule has 9 heteroatoms. The van der Waals surface area contributed by atoms with Crippen molar-refractivity contribution in [1.82, 2.24) is 19.2 Å². The Morgan fingerprint density at radius 2 is 1.89 bits per heavy atom. The molecule has 1 aliphatic heterocycles. The molecule has 1 atom stereocenters. The Hall–Kier alpha value is -2.68. The van der Waals surface area contributed by atoms with Gasteiger partial charge < -0.3 is 9.64 Å². The number of methoxy groups -OCH3 is 1. The van der Waals surface area contributed by atoms with Crippen molar-refractivity contribution in [3.63, 3.8) is 0 Å². The van der Waals surface area contributed by atoms with E-state index in [-0.39, 0.29) is 13.0 Å².